The number of sulfonamides is 2. The second kappa shape index (κ2) is 11.8. The van der Waals surface area contributed by atoms with Crippen LogP contribution in [0.2, 0.25) is 0 Å². The fraction of sp³-hybridized carbons (Fsp3) is 0.308. The number of nitrogens with one attached hydrogen (secondary N) is 2. The number of fused-ring (bicyclic) bond motifs is 1. The maximum absolute atomic E-state index is 12.9. The second-order valence-corrected chi connectivity index (χ2v) is 13.7. The molecule has 0 radical (unpaired) electrons. The summed E-state index contributed by atoms with van der Waals surface area (Å²) in [6.45, 7) is 0. The van der Waals surface area contributed by atoms with Crippen molar-refractivity contribution in [2.24, 2.45) is 11.1 Å². The van der Waals surface area contributed by atoms with E-state index in [9.17, 15) is 16.8 Å². The van der Waals surface area contributed by atoms with Gasteiger partial charge < -0.3 is 15.8 Å². The number of nitrogen functional groups attached to an aromatic ring is 1. The fourth-order valence-electron chi connectivity index (χ4n) is 4.78. The van der Waals surface area contributed by atoms with E-state index in [2.05, 4.69) is 10.0 Å². The molecule has 12 heteroatoms. The van der Waals surface area contributed by atoms with Gasteiger partial charge in [0.25, 0.3) is 0 Å². The molecule has 1 aliphatic heterocycles. The Morgan fingerprint density at radius 3 is 2.37 bits per heavy atom. The minimum Gasteiger partial charge on any atom is -0.496 e. The van der Waals surface area contributed by atoms with Crippen molar-refractivity contribution in [3.05, 3.63) is 64.2 Å². The molecule has 0 bridgehead atoms. The molecular weight excluding hydrogens is 639 g/mol. The number of halogens is 1. The molecule has 0 amide bonds. The van der Waals surface area contributed by atoms with Crippen molar-refractivity contribution in [3.63, 3.8) is 0 Å². The average Bonchev–Trinajstić information content (AvgIpc) is 2.90. The van der Waals surface area contributed by atoms with Crippen LogP contribution < -0.4 is 25.6 Å². The molecule has 1 saturated carbocycles. The zero-order valence-electron chi connectivity index (χ0n) is 20.9. The molecule has 1 atom stereocenters. The lowest BCUT2D eigenvalue weighted by Gasteiger charge is -2.35. The first-order valence-corrected chi connectivity index (χ1v) is 16.2. The lowest BCUT2D eigenvalue weighted by Crippen LogP contribution is -2.49. The number of anilines is 2. The third-order valence-corrected chi connectivity index (χ3v) is 9.80. The number of ether oxygens (including phenoxy) is 1. The van der Waals surface area contributed by atoms with E-state index in [0.29, 0.717) is 16.5 Å². The molecule has 38 heavy (non-hydrogen) atoms. The van der Waals surface area contributed by atoms with Gasteiger partial charge in [-0.25, -0.2) is 22.0 Å². The van der Waals surface area contributed by atoms with Crippen molar-refractivity contribution in [3.8, 4) is 16.9 Å². The summed E-state index contributed by atoms with van der Waals surface area (Å²) in [4.78, 5) is 0.280. The van der Waals surface area contributed by atoms with Crippen molar-refractivity contribution >= 4 is 54.0 Å². The lowest BCUT2D eigenvalue weighted by molar-refractivity contribution is 0.306. The van der Waals surface area contributed by atoms with Crippen LogP contribution in [-0.4, -0.2) is 30.1 Å². The summed E-state index contributed by atoms with van der Waals surface area (Å²) in [5, 5.41) is 8.32. The van der Waals surface area contributed by atoms with Crippen molar-refractivity contribution in [1.29, 1.82) is 0 Å². The van der Waals surface area contributed by atoms with Crippen LogP contribution in [0.15, 0.2) is 70.5 Å². The maximum atomic E-state index is 12.9. The molecule has 1 unspecified atom stereocenters. The summed E-state index contributed by atoms with van der Waals surface area (Å²) in [6, 6.07) is 17.8. The van der Waals surface area contributed by atoms with Gasteiger partial charge in [0.2, 0.25) is 20.0 Å². The van der Waals surface area contributed by atoms with Crippen LogP contribution in [0.4, 0.5) is 11.4 Å². The minimum atomic E-state index is -3.69. The van der Waals surface area contributed by atoms with E-state index in [1.54, 1.807) is 19.2 Å². The van der Waals surface area contributed by atoms with E-state index in [4.69, 9.17) is 15.6 Å². The van der Waals surface area contributed by atoms with Crippen LogP contribution in [0, 0.1) is 9.49 Å². The number of benzene rings is 3. The smallest absolute Gasteiger partial charge is 0.244 e. The highest BCUT2D eigenvalue weighted by Crippen LogP contribution is 2.37. The molecule has 1 heterocycles. The number of primary sulfonamides is 1. The maximum Gasteiger partial charge on any atom is 0.244 e. The summed E-state index contributed by atoms with van der Waals surface area (Å²) in [7, 11) is -5.61. The molecule has 0 spiro atoms. The zero-order valence-corrected chi connectivity index (χ0v) is 24.6. The van der Waals surface area contributed by atoms with E-state index in [-0.39, 0.29) is 16.7 Å². The van der Waals surface area contributed by atoms with Gasteiger partial charge >= 0.3 is 0 Å². The van der Waals surface area contributed by atoms with Gasteiger partial charge in [0.1, 0.15) is 15.5 Å². The van der Waals surface area contributed by atoms with E-state index in [0.717, 1.165) is 33.3 Å². The van der Waals surface area contributed by atoms with Crippen LogP contribution in [0.5, 0.6) is 5.75 Å². The van der Waals surface area contributed by atoms with Gasteiger partial charge in [-0.1, -0.05) is 43.5 Å². The fourth-order valence-corrected chi connectivity index (χ4v) is 7.58. The highest BCUT2D eigenvalue weighted by molar-refractivity contribution is 14.1. The highest BCUT2D eigenvalue weighted by Gasteiger charge is 2.34. The van der Waals surface area contributed by atoms with Gasteiger partial charge in [-0.3, -0.25) is 0 Å². The third-order valence-electron chi connectivity index (χ3n) is 6.69. The van der Waals surface area contributed by atoms with Crippen molar-refractivity contribution in [2.45, 2.75) is 48.1 Å². The Kier molecular flexibility index (Phi) is 8.87. The summed E-state index contributed by atoms with van der Waals surface area (Å²) < 4.78 is 56.6. The van der Waals surface area contributed by atoms with E-state index in [1.165, 1.54) is 31.4 Å². The van der Waals surface area contributed by atoms with Gasteiger partial charge in [-0.05, 0) is 83.3 Å². The average molecular weight is 671 g/mol. The molecule has 3 aromatic carbocycles. The lowest BCUT2D eigenvalue weighted by atomic mass is 9.87. The topological polar surface area (TPSA) is 154 Å². The SMILES string of the molecule is COc1ccccc1-c1ccc2c(c1)S(=O)(=O)NC(C1CCCCC1)N2.Nc1ccc(I)cc1S(N)(=O)=O. The zero-order chi connectivity index (χ0) is 27.5. The Labute approximate surface area is 237 Å². The number of rotatable bonds is 4. The predicted octanol–water partition coefficient (Wildman–Crippen LogP) is 4.49. The second-order valence-electron chi connectivity index (χ2n) is 9.28. The van der Waals surface area contributed by atoms with Gasteiger partial charge in [0.05, 0.1) is 24.7 Å². The molecule has 1 aliphatic carbocycles. The summed E-state index contributed by atoms with van der Waals surface area (Å²) in [5.41, 5.74) is 7.97. The molecule has 1 fully saturated rings. The molecule has 9 nitrogen and oxygen atoms in total. The van der Waals surface area contributed by atoms with Crippen molar-refractivity contribution in [1.82, 2.24) is 4.72 Å². The number of para-hydroxylation sites is 1. The molecule has 0 aromatic heterocycles. The van der Waals surface area contributed by atoms with Gasteiger partial charge in [0.15, 0.2) is 0 Å². The predicted molar refractivity (Wildman–Crippen MR) is 158 cm³/mol. The first-order chi connectivity index (χ1) is 18.0. The molecule has 6 N–H and O–H groups in total. The van der Waals surface area contributed by atoms with Crippen LogP contribution in [0.25, 0.3) is 11.1 Å². The molecule has 2 aliphatic rings. The highest BCUT2D eigenvalue weighted by atomic mass is 127. The summed E-state index contributed by atoms with van der Waals surface area (Å²) in [6.07, 6.45) is 5.50. The first-order valence-electron chi connectivity index (χ1n) is 12.1. The number of hydrogen-bond acceptors (Lipinski definition) is 7. The quantitative estimate of drug-likeness (QED) is 0.236. The minimum absolute atomic E-state index is 0.0191. The Morgan fingerprint density at radius 1 is 1.00 bits per heavy atom. The Balaban J connectivity index is 0.000000236. The monoisotopic (exact) mass is 670 g/mol. The van der Waals surface area contributed by atoms with E-state index in [1.807, 2.05) is 59.0 Å². The third kappa shape index (κ3) is 6.60. The number of nitrogens with two attached hydrogens (primary N) is 2. The Morgan fingerprint density at radius 2 is 1.71 bits per heavy atom. The summed E-state index contributed by atoms with van der Waals surface area (Å²) in [5.74, 6) is 1.07. The number of methoxy groups -OCH3 is 1. The van der Waals surface area contributed by atoms with Gasteiger partial charge in [-0.15, -0.1) is 0 Å². The molecule has 5 rings (SSSR count). The van der Waals surface area contributed by atoms with Crippen LogP contribution in [-0.2, 0) is 20.0 Å². The first kappa shape index (κ1) is 28.6. The van der Waals surface area contributed by atoms with E-state index >= 15 is 0 Å². The molecule has 0 saturated heterocycles. The van der Waals surface area contributed by atoms with Gasteiger partial charge in [0, 0.05) is 9.13 Å². The van der Waals surface area contributed by atoms with Crippen molar-refractivity contribution in [2.75, 3.05) is 18.2 Å². The standard InChI is InChI=1S/C20H24N2O3S.C6H7IN2O2S/c1-25-18-10-6-5-9-16(18)15-11-12-17-19(13-15)26(23,24)22-20(21-17)14-7-3-2-4-8-14;7-4-1-2-5(8)6(3-4)12(9,10)11/h5-6,9-14,20-22H,2-4,7-8H2,1H3;1-3H,8H2,(H2,9,10,11). The largest absolute Gasteiger partial charge is 0.496 e. The molecule has 3 aromatic rings. The Bertz CT molecular complexity index is 1520. The van der Waals surface area contributed by atoms with Crippen LogP contribution in [0.1, 0.15) is 32.1 Å². The van der Waals surface area contributed by atoms with Crippen LogP contribution >= 0.6 is 22.6 Å². The normalized spacial score (nSPS) is 18.9. The van der Waals surface area contributed by atoms with Gasteiger partial charge in [-0.2, -0.15) is 4.72 Å². The Hall–Kier alpha value is -2.39. The molecular formula is C26H31IN4O5S2. The summed E-state index contributed by atoms with van der Waals surface area (Å²) >= 11 is 1.99. The van der Waals surface area contributed by atoms with Crippen molar-refractivity contribution < 1.29 is 21.6 Å². The molecule has 204 valence electrons. The van der Waals surface area contributed by atoms with Crippen LogP contribution in [0.3, 0.4) is 0 Å². The van der Waals surface area contributed by atoms with E-state index < -0.39 is 20.0 Å². The number of hydrogen-bond donors (Lipinski definition) is 4.